The number of carbonyl (C=O) groups is 3. The van der Waals surface area contributed by atoms with E-state index in [9.17, 15) is 14.4 Å². The van der Waals surface area contributed by atoms with E-state index in [1.807, 2.05) is 38.1 Å². The molecule has 0 aliphatic heterocycles. The van der Waals surface area contributed by atoms with Gasteiger partial charge in [-0.3, -0.25) is 9.59 Å². The summed E-state index contributed by atoms with van der Waals surface area (Å²) >= 11 is 4.33. The monoisotopic (exact) mass is 507 g/mol. The SMILES string of the molecule is CCCCN(C(=O)C(CS)NC(=O)OC(C)(C)C)C(C(=O)NC(C)CCC)c1ccc(CC)cc1. The highest BCUT2D eigenvalue weighted by Gasteiger charge is 2.36. The van der Waals surface area contributed by atoms with Gasteiger partial charge in [0.25, 0.3) is 0 Å². The van der Waals surface area contributed by atoms with Gasteiger partial charge in [0.05, 0.1) is 0 Å². The molecule has 1 aromatic carbocycles. The van der Waals surface area contributed by atoms with Gasteiger partial charge in [-0.25, -0.2) is 4.79 Å². The molecule has 0 saturated carbocycles. The third kappa shape index (κ3) is 10.5. The van der Waals surface area contributed by atoms with Crippen LogP contribution in [0.3, 0.4) is 0 Å². The summed E-state index contributed by atoms with van der Waals surface area (Å²) in [5.41, 5.74) is 1.19. The first-order chi connectivity index (χ1) is 16.5. The zero-order valence-electron chi connectivity index (χ0n) is 22.5. The fourth-order valence-corrected chi connectivity index (χ4v) is 4.01. The summed E-state index contributed by atoms with van der Waals surface area (Å²) in [5, 5.41) is 5.73. The van der Waals surface area contributed by atoms with Gasteiger partial charge in [-0.1, -0.05) is 57.9 Å². The van der Waals surface area contributed by atoms with Crippen LogP contribution < -0.4 is 10.6 Å². The molecule has 0 fully saturated rings. The van der Waals surface area contributed by atoms with E-state index in [2.05, 4.69) is 37.1 Å². The maximum atomic E-state index is 13.8. The van der Waals surface area contributed by atoms with Crippen LogP contribution in [0, 0.1) is 0 Å². The second-order valence-corrected chi connectivity index (χ2v) is 10.3. The minimum Gasteiger partial charge on any atom is -0.444 e. The van der Waals surface area contributed by atoms with Gasteiger partial charge >= 0.3 is 6.09 Å². The van der Waals surface area contributed by atoms with E-state index in [1.165, 1.54) is 0 Å². The highest BCUT2D eigenvalue weighted by molar-refractivity contribution is 7.80. The van der Waals surface area contributed by atoms with Crippen LogP contribution in [0.5, 0.6) is 0 Å². The second-order valence-electron chi connectivity index (χ2n) is 9.96. The quantitative estimate of drug-likeness (QED) is 0.326. The first kappa shape index (κ1) is 30.8. The molecule has 2 N–H and O–H groups in total. The molecule has 3 atom stereocenters. The molecule has 3 amide bonds. The van der Waals surface area contributed by atoms with Gasteiger partial charge in [-0.2, -0.15) is 12.6 Å². The van der Waals surface area contributed by atoms with E-state index in [0.29, 0.717) is 6.54 Å². The lowest BCUT2D eigenvalue weighted by Crippen LogP contribution is -2.54. The van der Waals surface area contributed by atoms with Gasteiger partial charge in [0, 0.05) is 18.3 Å². The topological polar surface area (TPSA) is 87.7 Å². The van der Waals surface area contributed by atoms with Crippen molar-refractivity contribution in [1.29, 1.82) is 0 Å². The molecule has 198 valence electrons. The molecule has 0 saturated heterocycles. The molecule has 0 aliphatic carbocycles. The first-order valence-corrected chi connectivity index (χ1v) is 13.4. The third-order valence-electron chi connectivity index (χ3n) is 5.58. The van der Waals surface area contributed by atoms with E-state index in [0.717, 1.165) is 43.2 Å². The number of alkyl carbamates (subject to hydrolysis) is 1. The van der Waals surface area contributed by atoms with Gasteiger partial charge in [0.15, 0.2) is 0 Å². The van der Waals surface area contributed by atoms with Crippen molar-refractivity contribution in [2.24, 2.45) is 0 Å². The summed E-state index contributed by atoms with van der Waals surface area (Å²) in [4.78, 5) is 41.3. The van der Waals surface area contributed by atoms with Crippen LogP contribution in [0.1, 0.15) is 91.3 Å². The van der Waals surface area contributed by atoms with Crippen LogP contribution in [0.15, 0.2) is 24.3 Å². The molecule has 0 radical (unpaired) electrons. The fourth-order valence-electron chi connectivity index (χ4n) is 3.77. The van der Waals surface area contributed by atoms with Gasteiger partial charge in [0.2, 0.25) is 11.8 Å². The lowest BCUT2D eigenvalue weighted by atomic mass is 9.99. The zero-order valence-corrected chi connectivity index (χ0v) is 23.4. The van der Waals surface area contributed by atoms with Crippen molar-refractivity contribution < 1.29 is 19.1 Å². The van der Waals surface area contributed by atoms with Crippen LogP contribution in [-0.4, -0.2) is 52.8 Å². The summed E-state index contributed by atoms with van der Waals surface area (Å²) in [6.07, 6.45) is 3.55. The Balaban J connectivity index is 3.37. The summed E-state index contributed by atoms with van der Waals surface area (Å²) < 4.78 is 5.34. The standard InChI is InChI=1S/C27H45N3O4S/c1-8-11-17-30(25(32)22(18-35)29-26(33)34-27(5,6)7)23(24(31)28-19(4)12-9-2)21-15-13-20(10-3)14-16-21/h13-16,19,22-23,35H,8-12,17-18H2,1-7H3,(H,28,31)(H,29,33). The number of hydrogen-bond acceptors (Lipinski definition) is 5. The Kier molecular flexibility index (Phi) is 13.2. The Bertz CT molecular complexity index is 808. The van der Waals surface area contributed by atoms with Crippen molar-refractivity contribution in [3.8, 4) is 0 Å². The summed E-state index contributed by atoms with van der Waals surface area (Å²) in [6.45, 7) is 13.8. The lowest BCUT2D eigenvalue weighted by Gasteiger charge is -2.35. The minimum absolute atomic E-state index is 0.0198. The van der Waals surface area contributed by atoms with Gasteiger partial charge in [-0.05, 0) is 58.1 Å². The van der Waals surface area contributed by atoms with Crippen LogP contribution in [0.25, 0.3) is 0 Å². The van der Waals surface area contributed by atoms with Crippen molar-refractivity contribution >= 4 is 30.5 Å². The highest BCUT2D eigenvalue weighted by atomic mass is 32.1. The van der Waals surface area contributed by atoms with E-state index >= 15 is 0 Å². The largest absolute Gasteiger partial charge is 0.444 e. The maximum Gasteiger partial charge on any atom is 0.408 e. The van der Waals surface area contributed by atoms with E-state index in [-0.39, 0.29) is 23.6 Å². The number of nitrogens with one attached hydrogen (secondary N) is 2. The Morgan fingerprint density at radius 3 is 2.14 bits per heavy atom. The third-order valence-corrected chi connectivity index (χ3v) is 5.95. The Hall–Kier alpha value is -2.22. The van der Waals surface area contributed by atoms with Crippen molar-refractivity contribution in [3.63, 3.8) is 0 Å². The van der Waals surface area contributed by atoms with Crippen molar-refractivity contribution in [2.45, 2.75) is 104 Å². The first-order valence-electron chi connectivity index (χ1n) is 12.8. The van der Waals surface area contributed by atoms with E-state index < -0.39 is 23.8 Å². The minimum atomic E-state index is -0.927. The smallest absolute Gasteiger partial charge is 0.408 e. The average molecular weight is 508 g/mol. The molecule has 1 rings (SSSR count). The van der Waals surface area contributed by atoms with Crippen LogP contribution >= 0.6 is 12.6 Å². The molecule has 0 heterocycles. The number of thiol groups is 1. The van der Waals surface area contributed by atoms with Crippen LogP contribution in [0.2, 0.25) is 0 Å². The van der Waals surface area contributed by atoms with E-state index in [4.69, 9.17) is 4.74 Å². The predicted molar refractivity (Wildman–Crippen MR) is 145 cm³/mol. The number of benzene rings is 1. The Labute approximate surface area is 217 Å². The van der Waals surface area contributed by atoms with Gasteiger partial charge in [-0.15, -0.1) is 0 Å². The molecule has 0 spiro atoms. The average Bonchev–Trinajstić information content (AvgIpc) is 2.78. The van der Waals surface area contributed by atoms with Crippen molar-refractivity contribution in [1.82, 2.24) is 15.5 Å². The molecule has 0 aromatic heterocycles. The van der Waals surface area contributed by atoms with Crippen LogP contribution in [-0.2, 0) is 20.7 Å². The molecular formula is C27H45N3O4S. The fraction of sp³-hybridized carbons (Fsp3) is 0.667. The molecule has 1 aromatic rings. The molecule has 3 unspecified atom stereocenters. The second kappa shape index (κ2) is 15.0. The number of hydrogen-bond donors (Lipinski definition) is 3. The number of unbranched alkanes of at least 4 members (excludes halogenated alkanes) is 1. The van der Waals surface area contributed by atoms with Crippen LogP contribution in [0.4, 0.5) is 4.79 Å². The van der Waals surface area contributed by atoms with Gasteiger partial charge < -0.3 is 20.3 Å². The van der Waals surface area contributed by atoms with Crippen molar-refractivity contribution in [3.05, 3.63) is 35.4 Å². The molecule has 35 heavy (non-hydrogen) atoms. The molecule has 8 heteroatoms. The van der Waals surface area contributed by atoms with Crippen molar-refractivity contribution in [2.75, 3.05) is 12.3 Å². The number of carbonyl (C=O) groups excluding carboxylic acids is 3. The summed E-state index contributed by atoms with van der Waals surface area (Å²) in [6, 6.07) is 6.04. The summed E-state index contributed by atoms with van der Waals surface area (Å²) in [7, 11) is 0. The zero-order chi connectivity index (χ0) is 26.6. The predicted octanol–water partition coefficient (Wildman–Crippen LogP) is 5.05. The molecular weight excluding hydrogens is 462 g/mol. The Morgan fingerprint density at radius 2 is 1.66 bits per heavy atom. The lowest BCUT2D eigenvalue weighted by molar-refractivity contribution is -0.142. The number of nitrogens with zero attached hydrogens (tertiary/aromatic N) is 1. The number of rotatable bonds is 13. The molecule has 7 nitrogen and oxygen atoms in total. The Morgan fingerprint density at radius 1 is 1.03 bits per heavy atom. The normalized spacial score (nSPS) is 13.9. The number of amides is 3. The molecule has 0 bridgehead atoms. The number of ether oxygens (including phenoxy) is 1. The summed E-state index contributed by atoms with van der Waals surface area (Å²) in [5.74, 6) is -0.507. The number of aryl methyl sites for hydroxylation is 1. The maximum absolute atomic E-state index is 13.8. The van der Waals surface area contributed by atoms with Gasteiger partial charge in [0.1, 0.15) is 17.7 Å². The molecule has 0 aliphatic rings. The highest BCUT2D eigenvalue weighted by Crippen LogP contribution is 2.25. The van der Waals surface area contributed by atoms with E-state index in [1.54, 1.807) is 25.7 Å².